The van der Waals surface area contributed by atoms with Gasteiger partial charge in [0.25, 0.3) is 0 Å². The molecule has 4 rings (SSSR count). The van der Waals surface area contributed by atoms with Crippen molar-refractivity contribution in [2.24, 2.45) is 0 Å². The first-order chi connectivity index (χ1) is 11.2. The zero-order chi connectivity index (χ0) is 15.8. The number of Topliss-reactive ketones (excluding diaryl/α,β-unsaturated/α-hetero) is 1. The van der Waals surface area contributed by atoms with E-state index in [1.54, 1.807) is 0 Å². The Morgan fingerprint density at radius 2 is 1.61 bits per heavy atom. The topological polar surface area (TPSA) is 30.2 Å². The summed E-state index contributed by atoms with van der Waals surface area (Å²) in [6.07, 6.45) is 0.381. The minimum Gasteiger partial charge on any atom is -0.456 e. The summed E-state index contributed by atoms with van der Waals surface area (Å²) in [5.74, 6) is 0.140. The molecule has 0 spiro atoms. The SMILES string of the molecule is Cc1ccccc1C(=O)Cc1cccc2oc3ccccc3c12. The summed E-state index contributed by atoms with van der Waals surface area (Å²) in [5.41, 5.74) is 4.51. The second-order valence-electron chi connectivity index (χ2n) is 5.80. The van der Waals surface area contributed by atoms with Crippen LogP contribution in [0.3, 0.4) is 0 Å². The third-order valence-electron chi connectivity index (χ3n) is 4.29. The van der Waals surface area contributed by atoms with Crippen molar-refractivity contribution in [3.8, 4) is 0 Å². The lowest BCUT2D eigenvalue weighted by atomic mass is 9.96. The molecular formula is C21H16O2. The molecule has 0 atom stereocenters. The van der Waals surface area contributed by atoms with Gasteiger partial charge in [-0.25, -0.2) is 0 Å². The Bertz CT molecular complexity index is 1020. The highest BCUT2D eigenvalue weighted by Crippen LogP contribution is 2.31. The van der Waals surface area contributed by atoms with E-state index in [0.29, 0.717) is 6.42 Å². The van der Waals surface area contributed by atoms with Gasteiger partial charge in [0.1, 0.15) is 11.2 Å². The van der Waals surface area contributed by atoms with E-state index in [-0.39, 0.29) is 5.78 Å². The van der Waals surface area contributed by atoms with Gasteiger partial charge in [0, 0.05) is 22.8 Å². The molecule has 3 aromatic carbocycles. The fourth-order valence-electron chi connectivity index (χ4n) is 3.15. The number of hydrogen-bond acceptors (Lipinski definition) is 2. The van der Waals surface area contributed by atoms with Crippen LogP contribution in [0.5, 0.6) is 0 Å². The minimum atomic E-state index is 0.140. The Labute approximate surface area is 134 Å². The van der Waals surface area contributed by atoms with Gasteiger partial charge in [-0.3, -0.25) is 4.79 Å². The summed E-state index contributed by atoms with van der Waals surface area (Å²) in [4.78, 5) is 12.7. The van der Waals surface area contributed by atoms with E-state index in [4.69, 9.17) is 4.42 Å². The molecule has 0 amide bonds. The van der Waals surface area contributed by atoms with Crippen molar-refractivity contribution >= 4 is 27.7 Å². The number of fused-ring (bicyclic) bond motifs is 3. The van der Waals surface area contributed by atoms with Gasteiger partial charge in [0.15, 0.2) is 5.78 Å². The molecule has 1 heterocycles. The standard InChI is InChI=1S/C21H16O2/c1-14-7-2-3-9-16(14)18(22)13-15-8-6-12-20-21(15)17-10-4-5-11-19(17)23-20/h2-12H,13H2,1H3. The molecule has 0 N–H and O–H groups in total. The molecule has 23 heavy (non-hydrogen) atoms. The molecule has 0 bridgehead atoms. The van der Waals surface area contributed by atoms with Crippen LogP contribution < -0.4 is 0 Å². The first-order valence-corrected chi connectivity index (χ1v) is 7.72. The molecule has 1 aromatic heterocycles. The van der Waals surface area contributed by atoms with E-state index in [1.165, 1.54) is 0 Å². The molecule has 2 nitrogen and oxygen atoms in total. The second-order valence-corrected chi connectivity index (χ2v) is 5.80. The van der Waals surface area contributed by atoms with Crippen LogP contribution in [-0.2, 0) is 6.42 Å². The third kappa shape index (κ3) is 2.33. The predicted molar refractivity (Wildman–Crippen MR) is 92.9 cm³/mol. The number of benzene rings is 3. The molecule has 0 fully saturated rings. The van der Waals surface area contributed by atoms with Crippen LogP contribution in [0.15, 0.2) is 71.1 Å². The number of para-hydroxylation sites is 1. The highest BCUT2D eigenvalue weighted by molar-refractivity contribution is 6.09. The molecule has 0 aliphatic rings. The van der Waals surface area contributed by atoms with Crippen LogP contribution in [-0.4, -0.2) is 5.78 Å². The second kappa shape index (κ2) is 5.40. The smallest absolute Gasteiger partial charge is 0.167 e. The number of carbonyl (C=O) groups excluding carboxylic acids is 1. The molecule has 0 aliphatic carbocycles. The van der Waals surface area contributed by atoms with E-state index in [0.717, 1.165) is 38.6 Å². The number of aryl methyl sites for hydroxylation is 1. The number of carbonyl (C=O) groups is 1. The lowest BCUT2D eigenvalue weighted by Crippen LogP contribution is -2.05. The Morgan fingerprint density at radius 1 is 0.870 bits per heavy atom. The van der Waals surface area contributed by atoms with E-state index in [1.807, 2.05) is 73.7 Å². The quantitative estimate of drug-likeness (QED) is 0.479. The maximum atomic E-state index is 12.7. The summed E-state index contributed by atoms with van der Waals surface area (Å²) < 4.78 is 5.89. The fourth-order valence-corrected chi connectivity index (χ4v) is 3.15. The predicted octanol–water partition coefficient (Wildman–Crippen LogP) is 5.32. The van der Waals surface area contributed by atoms with Crippen molar-refractivity contribution in [3.05, 3.63) is 83.4 Å². The molecule has 0 saturated carbocycles. The van der Waals surface area contributed by atoms with Gasteiger partial charge in [-0.2, -0.15) is 0 Å². The highest BCUT2D eigenvalue weighted by Gasteiger charge is 2.15. The van der Waals surface area contributed by atoms with E-state index < -0.39 is 0 Å². The monoisotopic (exact) mass is 300 g/mol. The summed E-state index contributed by atoms with van der Waals surface area (Å²) >= 11 is 0. The van der Waals surface area contributed by atoms with Crippen LogP contribution in [0, 0.1) is 6.92 Å². The first-order valence-electron chi connectivity index (χ1n) is 7.72. The summed E-state index contributed by atoms with van der Waals surface area (Å²) in [6, 6.07) is 21.6. The summed E-state index contributed by atoms with van der Waals surface area (Å²) in [5, 5.41) is 2.11. The Kier molecular flexibility index (Phi) is 3.23. The highest BCUT2D eigenvalue weighted by atomic mass is 16.3. The maximum Gasteiger partial charge on any atom is 0.167 e. The van der Waals surface area contributed by atoms with Crippen LogP contribution >= 0.6 is 0 Å². The van der Waals surface area contributed by atoms with Gasteiger partial charge in [-0.1, -0.05) is 54.6 Å². The molecule has 0 radical (unpaired) electrons. The maximum absolute atomic E-state index is 12.7. The zero-order valence-corrected chi connectivity index (χ0v) is 12.9. The van der Waals surface area contributed by atoms with Gasteiger partial charge < -0.3 is 4.42 Å². The van der Waals surface area contributed by atoms with Gasteiger partial charge in [-0.15, -0.1) is 0 Å². The molecule has 112 valence electrons. The van der Waals surface area contributed by atoms with E-state index >= 15 is 0 Å². The van der Waals surface area contributed by atoms with Crippen LogP contribution in [0.25, 0.3) is 21.9 Å². The summed E-state index contributed by atoms with van der Waals surface area (Å²) in [7, 11) is 0. The van der Waals surface area contributed by atoms with Gasteiger partial charge in [0.2, 0.25) is 0 Å². The van der Waals surface area contributed by atoms with Crippen molar-refractivity contribution in [2.45, 2.75) is 13.3 Å². The molecule has 0 unspecified atom stereocenters. The molecule has 4 aromatic rings. The Hall–Kier alpha value is -2.87. The number of rotatable bonds is 3. The van der Waals surface area contributed by atoms with Crippen LogP contribution in [0.4, 0.5) is 0 Å². The van der Waals surface area contributed by atoms with Crippen molar-refractivity contribution in [1.82, 2.24) is 0 Å². The van der Waals surface area contributed by atoms with Gasteiger partial charge in [0.05, 0.1) is 0 Å². The normalized spacial score (nSPS) is 11.2. The molecule has 2 heteroatoms. The summed E-state index contributed by atoms with van der Waals surface area (Å²) in [6.45, 7) is 1.97. The average Bonchev–Trinajstić information content (AvgIpc) is 2.94. The number of ketones is 1. The van der Waals surface area contributed by atoms with E-state index in [2.05, 4.69) is 0 Å². The minimum absolute atomic E-state index is 0.140. The van der Waals surface area contributed by atoms with Crippen LogP contribution in [0.1, 0.15) is 21.5 Å². The lowest BCUT2D eigenvalue weighted by molar-refractivity contribution is 0.0993. The number of hydrogen-bond donors (Lipinski definition) is 0. The Morgan fingerprint density at radius 3 is 2.48 bits per heavy atom. The van der Waals surface area contributed by atoms with Crippen LogP contribution in [0.2, 0.25) is 0 Å². The molecule has 0 aliphatic heterocycles. The Balaban J connectivity index is 1.83. The number of furan rings is 1. The van der Waals surface area contributed by atoms with Crippen molar-refractivity contribution < 1.29 is 9.21 Å². The average molecular weight is 300 g/mol. The van der Waals surface area contributed by atoms with E-state index in [9.17, 15) is 4.79 Å². The molecule has 0 saturated heterocycles. The van der Waals surface area contributed by atoms with Gasteiger partial charge >= 0.3 is 0 Å². The van der Waals surface area contributed by atoms with Crippen molar-refractivity contribution in [1.29, 1.82) is 0 Å². The largest absolute Gasteiger partial charge is 0.456 e. The third-order valence-corrected chi connectivity index (χ3v) is 4.29. The van der Waals surface area contributed by atoms with Gasteiger partial charge in [-0.05, 0) is 30.2 Å². The van der Waals surface area contributed by atoms with Crippen molar-refractivity contribution in [3.63, 3.8) is 0 Å². The van der Waals surface area contributed by atoms with Crippen molar-refractivity contribution in [2.75, 3.05) is 0 Å². The zero-order valence-electron chi connectivity index (χ0n) is 12.9. The molecular weight excluding hydrogens is 284 g/mol. The fraction of sp³-hybridized carbons (Fsp3) is 0.0952. The first kappa shape index (κ1) is 13.8. The lowest BCUT2D eigenvalue weighted by Gasteiger charge is -2.06.